The Hall–Kier alpha value is -1.63. The first-order valence-corrected chi connectivity index (χ1v) is 4.78. The van der Waals surface area contributed by atoms with Crippen LogP contribution in [0, 0.1) is 0 Å². The molecule has 1 nitrogen and oxygen atoms in total. The summed E-state index contributed by atoms with van der Waals surface area (Å²) in [5, 5.41) is 0. The largest absolute Gasteiger partial charge is 0.295 e. The molecule has 0 unspecified atom stereocenters. The normalized spacial score (nSPS) is 15.4. The molecule has 0 radical (unpaired) electrons. The predicted molar refractivity (Wildman–Crippen MR) is 57.0 cm³/mol. The summed E-state index contributed by atoms with van der Waals surface area (Å²) in [5.41, 5.74) is 2.52. The lowest BCUT2D eigenvalue weighted by Crippen LogP contribution is -1.98. The molecular formula is C13H12O. The average molecular weight is 184 g/mol. The van der Waals surface area contributed by atoms with Crippen LogP contribution in [0.3, 0.4) is 0 Å². The molecule has 0 spiro atoms. The van der Waals surface area contributed by atoms with E-state index < -0.39 is 0 Å². The first-order valence-electron chi connectivity index (χ1n) is 4.78. The highest BCUT2D eigenvalue weighted by Gasteiger charge is 2.03. The highest BCUT2D eigenvalue weighted by molar-refractivity contribution is 5.92. The summed E-state index contributed by atoms with van der Waals surface area (Å²) in [6, 6.07) is 10.3. The molecule has 2 rings (SSSR count). The summed E-state index contributed by atoms with van der Waals surface area (Å²) in [6.45, 7) is 0. The number of ketones is 1. The van der Waals surface area contributed by atoms with Crippen LogP contribution in [0.25, 0.3) is 0 Å². The van der Waals surface area contributed by atoms with Crippen LogP contribution in [-0.4, -0.2) is 5.78 Å². The highest BCUT2D eigenvalue weighted by Crippen LogP contribution is 2.13. The number of rotatable bonds is 2. The SMILES string of the molecule is O=C1C=CC(Cc2ccccc2)=CC1. The molecule has 0 aromatic heterocycles. The topological polar surface area (TPSA) is 17.1 Å². The fourth-order valence-electron chi connectivity index (χ4n) is 1.53. The molecule has 0 bridgehead atoms. The lowest BCUT2D eigenvalue weighted by atomic mass is 9.99. The van der Waals surface area contributed by atoms with Crippen LogP contribution in [0.5, 0.6) is 0 Å². The molecule has 0 saturated heterocycles. The molecule has 14 heavy (non-hydrogen) atoms. The van der Waals surface area contributed by atoms with E-state index in [4.69, 9.17) is 0 Å². The zero-order valence-electron chi connectivity index (χ0n) is 7.94. The standard InChI is InChI=1S/C13H12O/c14-13-8-6-12(7-9-13)10-11-4-2-1-3-5-11/h1-8H,9-10H2. The van der Waals surface area contributed by atoms with E-state index in [0.717, 1.165) is 6.42 Å². The minimum atomic E-state index is 0.196. The van der Waals surface area contributed by atoms with Gasteiger partial charge in [0.25, 0.3) is 0 Å². The third-order valence-corrected chi connectivity index (χ3v) is 2.30. The minimum absolute atomic E-state index is 0.196. The molecule has 1 aromatic carbocycles. The summed E-state index contributed by atoms with van der Waals surface area (Å²) in [5.74, 6) is 0.196. The Kier molecular flexibility index (Phi) is 2.59. The Morgan fingerprint density at radius 2 is 1.86 bits per heavy atom. The summed E-state index contributed by atoms with van der Waals surface area (Å²) in [6.07, 6.45) is 7.07. The van der Waals surface area contributed by atoms with E-state index in [0.29, 0.717) is 6.42 Å². The Morgan fingerprint density at radius 3 is 2.50 bits per heavy atom. The smallest absolute Gasteiger partial charge is 0.159 e. The molecule has 0 heterocycles. The van der Waals surface area contributed by atoms with Gasteiger partial charge in [-0.25, -0.2) is 0 Å². The first kappa shape index (κ1) is 8.95. The van der Waals surface area contributed by atoms with Gasteiger partial charge in [-0.3, -0.25) is 4.79 Å². The monoisotopic (exact) mass is 184 g/mol. The van der Waals surface area contributed by atoms with E-state index >= 15 is 0 Å². The number of benzene rings is 1. The first-order chi connectivity index (χ1) is 6.84. The Labute approximate surface area is 83.8 Å². The molecule has 1 aromatic rings. The van der Waals surface area contributed by atoms with Crippen molar-refractivity contribution in [2.45, 2.75) is 12.8 Å². The molecule has 0 aliphatic heterocycles. The van der Waals surface area contributed by atoms with E-state index in [1.165, 1.54) is 11.1 Å². The van der Waals surface area contributed by atoms with Crippen LogP contribution < -0.4 is 0 Å². The van der Waals surface area contributed by atoms with Gasteiger partial charge in [-0.15, -0.1) is 0 Å². The van der Waals surface area contributed by atoms with Crippen molar-refractivity contribution in [1.82, 2.24) is 0 Å². The maximum atomic E-state index is 10.9. The molecule has 1 aliphatic carbocycles. The Balaban J connectivity index is 2.06. The molecule has 1 aliphatic rings. The van der Waals surface area contributed by atoms with Gasteiger partial charge >= 0.3 is 0 Å². The van der Waals surface area contributed by atoms with Crippen molar-refractivity contribution in [3.8, 4) is 0 Å². The van der Waals surface area contributed by atoms with E-state index in [1.54, 1.807) is 6.08 Å². The van der Waals surface area contributed by atoms with E-state index in [2.05, 4.69) is 12.1 Å². The second-order valence-electron chi connectivity index (χ2n) is 3.45. The summed E-state index contributed by atoms with van der Waals surface area (Å²) in [4.78, 5) is 10.9. The number of hydrogen-bond donors (Lipinski definition) is 0. The average Bonchev–Trinajstić information content (AvgIpc) is 2.23. The van der Waals surface area contributed by atoms with Gasteiger partial charge in [-0.05, 0) is 23.6 Å². The maximum absolute atomic E-state index is 10.9. The van der Waals surface area contributed by atoms with Crippen LogP contribution in [-0.2, 0) is 11.2 Å². The van der Waals surface area contributed by atoms with Crippen LogP contribution in [0.1, 0.15) is 12.0 Å². The van der Waals surface area contributed by atoms with Gasteiger partial charge in [0.1, 0.15) is 0 Å². The summed E-state index contributed by atoms with van der Waals surface area (Å²) in [7, 11) is 0. The van der Waals surface area contributed by atoms with Gasteiger partial charge in [0, 0.05) is 6.42 Å². The molecule has 0 saturated carbocycles. The molecule has 0 fully saturated rings. The fourth-order valence-corrected chi connectivity index (χ4v) is 1.53. The zero-order chi connectivity index (χ0) is 9.80. The summed E-state index contributed by atoms with van der Waals surface area (Å²) >= 11 is 0. The minimum Gasteiger partial charge on any atom is -0.295 e. The van der Waals surface area contributed by atoms with Crippen molar-refractivity contribution in [2.75, 3.05) is 0 Å². The molecular weight excluding hydrogens is 172 g/mol. The van der Waals surface area contributed by atoms with Crippen LogP contribution >= 0.6 is 0 Å². The van der Waals surface area contributed by atoms with Crippen LogP contribution in [0.15, 0.2) is 54.1 Å². The van der Waals surface area contributed by atoms with E-state index in [9.17, 15) is 4.79 Å². The fraction of sp³-hybridized carbons (Fsp3) is 0.154. The van der Waals surface area contributed by atoms with Gasteiger partial charge in [-0.2, -0.15) is 0 Å². The van der Waals surface area contributed by atoms with E-state index in [1.807, 2.05) is 30.4 Å². The second-order valence-corrected chi connectivity index (χ2v) is 3.45. The lowest BCUT2D eigenvalue weighted by Gasteiger charge is -2.05. The Bertz CT molecular complexity index is 385. The molecule has 1 heteroatoms. The molecule has 0 atom stereocenters. The van der Waals surface area contributed by atoms with Crippen molar-refractivity contribution in [1.29, 1.82) is 0 Å². The van der Waals surface area contributed by atoms with E-state index in [-0.39, 0.29) is 5.78 Å². The third kappa shape index (κ3) is 2.19. The number of hydrogen-bond acceptors (Lipinski definition) is 1. The van der Waals surface area contributed by atoms with Crippen LogP contribution in [0.4, 0.5) is 0 Å². The third-order valence-electron chi connectivity index (χ3n) is 2.30. The lowest BCUT2D eigenvalue weighted by molar-refractivity contribution is -0.113. The van der Waals surface area contributed by atoms with Crippen molar-refractivity contribution in [2.24, 2.45) is 0 Å². The second kappa shape index (κ2) is 4.05. The van der Waals surface area contributed by atoms with Crippen molar-refractivity contribution in [3.05, 3.63) is 59.7 Å². The van der Waals surface area contributed by atoms with Gasteiger partial charge < -0.3 is 0 Å². The van der Waals surface area contributed by atoms with Gasteiger partial charge in [0.05, 0.1) is 0 Å². The molecule has 70 valence electrons. The summed E-state index contributed by atoms with van der Waals surface area (Å²) < 4.78 is 0. The zero-order valence-corrected chi connectivity index (χ0v) is 7.94. The van der Waals surface area contributed by atoms with Crippen molar-refractivity contribution in [3.63, 3.8) is 0 Å². The van der Waals surface area contributed by atoms with Crippen molar-refractivity contribution >= 4 is 5.78 Å². The molecule has 0 amide bonds. The number of carbonyl (C=O) groups excluding carboxylic acids is 1. The van der Waals surface area contributed by atoms with Gasteiger partial charge in [0.2, 0.25) is 0 Å². The van der Waals surface area contributed by atoms with Crippen molar-refractivity contribution < 1.29 is 4.79 Å². The maximum Gasteiger partial charge on any atom is 0.159 e. The Morgan fingerprint density at radius 1 is 1.07 bits per heavy atom. The number of allylic oxidation sites excluding steroid dienone is 4. The van der Waals surface area contributed by atoms with Gasteiger partial charge in [-0.1, -0.05) is 42.5 Å². The van der Waals surface area contributed by atoms with Gasteiger partial charge in [0.15, 0.2) is 5.78 Å². The predicted octanol–water partition coefficient (Wildman–Crippen LogP) is 2.68. The quantitative estimate of drug-likeness (QED) is 0.690. The van der Waals surface area contributed by atoms with Crippen LogP contribution in [0.2, 0.25) is 0 Å². The molecule has 0 N–H and O–H groups in total. The number of carbonyl (C=O) groups is 1. The highest BCUT2D eigenvalue weighted by atomic mass is 16.1.